The fraction of sp³-hybridized carbons (Fsp3) is 0.235. The lowest BCUT2D eigenvalue weighted by Gasteiger charge is -2.10. The van der Waals surface area contributed by atoms with Gasteiger partial charge in [-0.05, 0) is 47.9 Å². The first-order valence-electron chi connectivity index (χ1n) is 6.93. The summed E-state index contributed by atoms with van der Waals surface area (Å²) >= 11 is 0. The minimum atomic E-state index is -1.18. The highest BCUT2D eigenvalue weighted by atomic mass is 19.1. The zero-order chi connectivity index (χ0) is 15.9. The number of hydrogen-bond acceptors (Lipinski definition) is 4. The second-order valence-corrected chi connectivity index (χ2v) is 4.87. The summed E-state index contributed by atoms with van der Waals surface area (Å²) in [5.41, 5.74) is 1.94. The number of carbonyl (C=O) groups excluding carboxylic acids is 1. The molecule has 0 radical (unpaired) electrons. The van der Waals surface area contributed by atoms with E-state index in [-0.39, 0.29) is 11.4 Å². The summed E-state index contributed by atoms with van der Waals surface area (Å²) in [5.74, 6) is -0.798. The second kappa shape index (κ2) is 7.56. The molecular formula is C17H17FNO3-. The van der Waals surface area contributed by atoms with Crippen LogP contribution in [0.3, 0.4) is 0 Å². The van der Waals surface area contributed by atoms with Gasteiger partial charge in [0, 0.05) is 6.54 Å². The minimum Gasteiger partial charge on any atom is -0.545 e. The molecule has 0 unspecified atom stereocenters. The van der Waals surface area contributed by atoms with Crippen LogP contribution in [0.1, 0.15) is 21.5 Å². The Morgan fingerprint density at radius 2 is 1.95 bits per heavy atom. The Hall–Kier alpha value is -2.40. The van der Waals surface area contributed by atoms with Crippen LogP contribution in [0.25, 0.3) is 0 Å². The number of carbonyl (C=O) groups is 1. The van der Waals surface area contributed by atoms with Crippen molar-refractivity contribution in [2.24, 2.45) is 0 Å². The third-order valence-corrected chi connectivity index (χ3v) is 3.33. The fourth-order valence-electron chi connectivity index (χ4n) is 2.16. The summed E-state index contributed by atoms with van der Waals surface area (Å²) in [6, 6.07) is 11.0. The summed E-state index contributed by atoms with van der Waals surface area (Å²) in [6.45, 7) is 1.26. The lowest BCUT2D eigenvalue weighted by atomic mass is 10.1. The maximum Gasteiger partial charge on any atom is 0.123 e. The number of aromatic carboxylic acids is 1. The number of carboxylic acids is 1. The van der Waals surface area contributed by atoms with Gasteiger partial charge in [-0.3, -0.25) is 0 Å². The molecule has 22 heavy (non-hydrogen) atoms. The average Bonchev–Trinajstić information content (AvgIpc) is 2.52. The minimum absolute atomic E-state index is 0.160. The quantitative estimate of drug-likeness (QED) is 0.788. The van der Waals surface area contributed by atoms with Gasteiger partial charge in [-0.1, -0.05) is 24.3 Å². The van der Waals surface area contributed by atoms with Gasteiger partial charge < -0.3 is 20.0 Å². The van der Waals surface area contributed by atoms with E-state index in [1.54, 1.807) is 25.3 Å². The van der Waals surface area contributed by atoms with Gasteiger partial charge in [-0.25, -0.2) is 4.39 Å². The highest BCUT2D eigenvalue weighted by molar-refractivity contribution is 5.85. The van der Waals surface area contributed by atoms with E-state index < -0.39 is 5.97 Å². The Bertz CT molecular complexity index is 641. The third kappa shape index (κ3) is 4.30. The van der Waals surface area contributed by atoms with Crippen LogP contribution in [0.15, 0.2) is 42.5 Å². The molecule has 4 nitrogen and oxygen atoms in total. The summed E-state index contributed by atoms with van der Waals surface area (Å²) in [7, 11) is 1.56. The fourth-order valence-corrected chi connectivity index (χ4v) is 2.16. The van der Waals surface area contributed by atoms with E-state index in [1.165, 1.54) is 24.3 Å². The van der Waals surface area contributed by atoms with Crippen LogP contribution in [0.2, 0.25) is 0 Å². The van der Waals surface area contributed by atoms with E-state index in [4.69, 9.17) is 4.74 Å². The lowest BCUT2D eigenvalue weighted by Crippen LogP contribution is -2.22. The molecule has 0 saturated heterocycles. The van der Waals surface area contributed by atoms with E-state index >= 15 is 0 Å². The van der Waals surface area contributed by atoms with Crippen molar-refractivity contribution in [3.63, 3.8) is 0 Å². The second-order valence-electron chi connectivity index (χ2n) is 4.87. The first kappa shape index (κ1) is 16.0. The van der Waals surface area contributed by atoms with E-state index in [1.807, 2.05) is 0 Å². The predicted octanol–water partition coefficient (Wildman–Crippen LogP) is 1.53. The SMILES string of the molecule is COc1ccc(F)cc1CCNCc1ccc(C(=O)[O-])cc1. The highest BCUT2D eigenvalue weighted by Crippen LogP contribution is 2.19. The van der Waals surface area contributed by atoms with Crippen molar-refractivity contribution < 1.29 is 19.0 Å². The van der Waals surface area contributed by atoms with Crippen molar-refractivity contribution in [1.29, 1.82) is 0 Å². The number of benzene rings is 2. The number of ether oxygens (including phenoxy) is 1. The van der Waals surface area contributed by atoms with Gasteiger partial charge in [0.2, 0.25) is 0 Å². The van der Waals surface area contributed by atoms with Gasteiger partial charge in [-0.15, -0.1) is 0 Å². The number of hydrogen-bond donors (Lipinski definition) is 1. The van der Waals surface area contributed by atoms with Crippen LogP contribution in [0.4, 0.5) is 4.39 Å². The van der Waals surface area contributed by atoms with Crippen LogP contribution in [-0.2, 0) is 13.0 Å². The Kier molecular flexibility index (Phi) is 5.49. The molecule has 0 heterocycles. The zero-order valence-corrected chi connectivity index (χ0v) is 12.3. The summed E-state index contributed by atoms with van der Waals surface area (Å²) in [4.78, 5) is 10.6. The van der Waals surface area contributed by atoms with Crippen LogP contribution < -0.4 is 15.2 Å². The monoisotopic (exact) mass is 302 g/mol. The molecule has 0 saturated carbocycles. The lowest BCUT2D eigenvalue weighted by molar-refractivity contribution is -0.255. The Morgan fingerprint density at radius 3 is 2.59 bits per heavy atom. The number of carboxylic acid groups (broad SMARTS) is 1. The van der Waals surface area contributed by atoms with Crippen molar-refractivity contribution in [3.05, 3.63) is 65.0 Å². The molecule has 0 fully saturated rings. The Labute approximate surface area is 128 Å². The number of nitrogens with one attached hydrogen (secondary N) is 1. The van der Waals surface area contributed by atoms with Gasteiger partial charge in [0.05, 0.1) is 13.1 Å². The summed E-state index contributed by atoms with van der Waals surface area (Å²) < 4.78 is 18.4. The smallest absolute Gasteiger partial charge is 0.123 e. The molecule has 2 aromatic rings. The third-order valence-electron chi connectivity index (χ3n) is 3.33. The molecule has 116 valence electrons. The van der Waals surface area contributed by atoms with Crippen molar-refractivity contribution in [3.8, 4) is 5.75 Å². The topological polar surface area (TPSA) is 61.4 Å². The molecule has 2 rings (SSSR count). The molecule has 2 aromatic carbocycles. The predicted molar refractivity (Wildman–Crippen MR) is 79.1 cm³/mol. The molecule has 0 bridgehead atoms. The van der Waals surface area contributed by atoms with Crippen LogP contribution in [-0.4, -0.2) is 19.6 Å². The van der Waals surface area contributed by atoms with Crippen molar-refractivity contribution in [2.75, 3.05) is 13.7 Å². The van der Waals surface area contributed by atoms with E-state index in [2.05, 4.69) is 5.32 Å². The van der Waals surface area contributed by atoms with Crippen LogP contribution in [0.5, 0.6) is 5.75 Å². The first-order valence-corrected chi connectivity index (χ1v) is 6.93. The van der Waals surface area contributed by atoms with Crippen LogP contribution >= 0.6 is 0 Å². The zero-order valence-electron chi connectivity index (χ0n) is 12.3. The van der Waals surface area contributed by atoms with Crippen molar-refractivity contribution in [1.82, 2.24) is 5.32 Å². The highest BCUT2D eigenvalue weighted by Gasteiger charge is 2.04. The van der Waals surface area contributed by atoms with E-state index in [0.29, 0.717) is 25.3 Å². The van der Waals surface area contributed by atoms with Gasteiger partial charge in [0.1, 0.15) is 11.6 Å². The molecule has 0 spiro atoms. The molecule has 0 aromatic heterocycles. The molecule has 1 N–H and O–H groups in total. The van der Waals surface area contributed by atoms with Gasteiger partial charge >= 0.3 is 0 Å². The molecule has 0 aliphatic rings. The Balaban J connectivity index is 1.84. The maximum absolute atomic E-state index is 13.2. The summed E-state index contributed by atoms with van der Waals surface area (Å²) in [6.07, 6.45) is 0.637. The Morgan fingerprint density at radius 1 is 1.23 bits per heavy atom. The normalized spacial score (nSPS) is 10.5. The largest absolute Gasteiger partial charge is 0.545 e. The molecule has 0 atom stereocenters. The molecule has 0 amide bonds. The maximum atomic E-state index is 13.2. The number of halogens is 1. The summed E-state index contributed by atoms with van der Waals surface area (Å²) in [5, 5.41) is 13.9. The number of methoxy groups -OCH3 is 1. The van der Waals surface area contributed by atoms with Crippen molar-refractivity contribution in [2.45, 2.75) is 13.0 Å². The standard InChI is InChI=1S/C17H18FNO3/c1-22-16-7-6-15(18)10-14(16)8-9-19-11-12-2-4-13(5-3-12)17(20)21/h2-7,10,19H,8-9,11H2,1H3,(H,20,21)/p-1. The molecule has 5 heteroatoms. The van der Waals surface area contributed by atoms with E-state index in [0.717, 1.165) is 11.1 Å². The van der Waals surface area contributed by atoms with Gasteiger partial charge in [-0.2, -0.15) is 0 Å². The van der Waals surface area contributed by atoms with Gasteiger partial charge in [0.15, 0.2) is 0 Å². The molecule has 0 aliphatic carbocycles. The number of rotatable bonds is 7. The average molecular weight is 302 g/mol. The van der Waals surface area contributed by atoms with Gasteiger partial charge in [0.25, 0.3) is 0 Å². The van der Waals surface area contributed by atoms with Crippen molar-refractivity contribution >= 4 is 5.97 Å². The van der Waals surface area contributed by atoms with E-state index in [9.17, 15) is 14.3 Å². The molecule has 0 aliphatic heterocycles. The molecular weight excluding hydrogens is 285 g/mol. The first-order chi connectivity index (χ1) is 10.6. The van der Waals surface area contributed by atoms with Crippen LogP contribution in [0, 0.1) is 5.82 Å².